The molecular weight excluding hydrogens is 311 g/mol. The zero-order chi connectivity index (χ0) is 15.8. The summed E-state index contributed by atoms with van der Waals surface area (Å²) in [5, 5.41) is 10.9. The molecule has 114 valence electrons. The summed E-state index contributed by atoms with van der Waals surface area (Å²) in [7, 11) is 0. The van der Waals surface area contributed by atoms with E-state index in [0.717, 1.165) is 12.1 Å². The first kappa shape index (κ1) is 15.6. The van der Waals surface area contributed by atoms with Gasteiger partial charge >= 0.3 is 12.1 Å². The Morgan fingerprint density at radius 2 is 1.90 bits per heavy atom. The lowest BCUT2D eigenvalue weighted by Crippen LogP contribution is -2.48. The molecule has 1 aliphatic carbocycles. The highest BCUT2D eigenvalue weighted by atomic mass is 35.5. The molecule has 1 aliphatic rings. The van der Waals surface area contributed by atoms with Crippen LogP contribution in [0.3, 0.4) is 0 Å². The quantitative estimate of drug-likeness (QED) is 0.837. The summed E-state index contributed by atoms with van der Waals surface area (Å²) in [4.78, 5) is 23.3. The first-order valence-electron chi connectivity index (χ1n) is 6.09. The molecule has 0 saturated heterocycles. The third-order valence-corrected chi connectivity index (χ3v) is 3.92. The number of alkyl halides is 3. The Bertz CT molecular complexity index is 597. The van der Waals surface area contributed by atoms with Crippen LogP contribution in [0.2, 0.25) is 5.02 Å². The van der Waals surface area contributed by atoms with Gasteiger partial charge in [-0.15, -0.1) is 0 Å². The number of hydrogen-bond donors (Lipinski definition) is 2. The zero-order valence-electron chi connectivity index (χ0n) is 10.6. The van der Waals surface area contributed by atoms with Gasteiger partial charge in [0.05, 0.1) is 16.3 Å². The molecule has 1 amide bonds. The van der Waals surface area contributed by atoms with Gasteiger partial charge in [-0.05, 0) is 25.0 Å². The van der Waals surface area contributed by atoms with Crippen LogP contribution < -0.4 is 5.32 Å². The summed E-state index contributed by atoms with van der Waals surface area (Å²) in [5.41, 5.74) is -3.38. The Morgan fingerprint density at radius 3 is 2.33 bits per heavy atom. The molecule has 1 fully saturated rings. The number of para-hydroxylation sites is 1. The number of nitrogens with one attached hydrogen (secondary N) is 1. The van der Waals surface area contributed by atoms with E-state index in [1.54, 1.807) is 0 Å². The molecule has 0 heterocycles. The molecule has 1 aromatic carbocycles. The topological polar surface area (TPSA) is 66.4 Å². The number of aliphatic carboxylic acids is 1. The van der Waals surface area contributed by atoms with Gasteiger partial charge in [-0.25, -0.2) is 0 Å². The average Bonchev–Trinajstić information content (AvgIpc) is 2.28. The van der Waals surface area contributed by atoms with E-state index in [1.807, 2.05) is 5.32 Å². The van der Waals surface area contributed by atoms with E-state index in [9.17, 15) is 22.8 Å². The van der Waals surface area contributed by atoms with E-state index >= 15 is 0 Å². The number of halogens is 4. The van der Waals surface area contributed by atoms with Gasteiger partial charge < -0.3 is 10.4 Å². The second-order valence-corrected chi connectivity index (χ2v) is 5.26. The molecule has 8 heteroatoms. The SMILES string of the molecule is O=C(O)C1(C(=O)Nc2c(Cl)cccc2C(F)(F)F)CCC1. The summed E-state index contributed by atoms with van der Waals surface area (Å²) < 4.78 is 38.7. The van der Waals surface area contributed by atoms with Crippen LogP contribution in [0.15, 0.2) is 18.2 Å². The van der Waals surface area contributed by atoms with Crippen LogP contribution in [0.1, 0.15) is 24.8 Å². The van der Waals surface area contributed by atoms with Crippen molar-refractivity contribution >= 4 is 29.2 Å². The lowest BCUT2D eigenvalue weighted by Gasteiger charge is -2.36. The van der Waals surface area contributed by atoms with Crippen molar-refractivity contribution in [2.24, 2.45) is 5.41 Å². The Balaban J connectivity index is 2.36. The normalized spacial score (nSPS) is 17.0. The molecule has 2 N–H and O–H groups in total. The minimum atomic E-state index is -4.70. The van der Waals surface area contributed by atoms with Crippen molar-refractivity contribution in [2.75, 3.05) is 5.32 Å². The molecule has 0 bridgehead atoms. The van der Waals surface area contributed by atoms with Crippen LogP contribution in [0, 0.1) is 5.41 Å². The number of amides is 1. The number of anilines is 1. The summed E-state index contributed by atoms with van der Waals surface area (Å²) in [5.74, 6) is -2.31. The molecule has 0 spiro atoms. The molecule has 1 saturated carbocycles. The Hall–Kier alpha value is -1.76. The van der Waals surface area contributed by atoms with Crippen LogP contribution in [0.4, 0.5) is 18.9 Å². The highest BCUT2D eigenvalue weighted by Gasteiger charge is 2.51. The van der Waals surface area contributed by atoms with Crippen molar-refractivity contribution in [2.45, 2.75) is 25.4 Å². The van der Waals surface area contributed by atoms with Crippen molar-refractivity contribution in [3.05, 3.63) is 28.8 Å². The third kappa shape index (κ3) is 2.70. The molecule has 0 aliphatic heterocycles. The van der Waals surface area contributed by atoms with Gasteiger partial charge in [0.15, 0.2) is 0 Å². The van der Waals surface area contributed by atoms with Crippen LogP contribution in [-0.2, 0) is 15.8 Å². The van der Waals surface area contributed by atoms with Crippen molar-refractivity contribution in [1.29, 1.82) is 0 Å². The molecule has 0 aromatic heterocycles. The standard InChI is InChI=1S/C13H11ClF3NO3/c14-8-4-1-3-7(13(15,16)17)9(8)18-10(19)12(11(20)21)5-2-6-12/h1,3-4H,2,5-6H2,(H,18,19)(H,20,21). The lowest BCUT2D eigenvalue weighted by molar-refractivity contribution is -0.159. The van der Waals surface area contributed by atoms with Crippen molar-refractivity contribution in [1.82, 2.24) is 0 Å². The largest absolute Gasteiger partial charge is 0.480 e. The molecule has 0 unspecified atom stereocenters. The maximum Gasteiger partial charge on any atom is 0.418 e. The van der Waals surface area contributed by atoms with E-state index in [-0.39, 0.29) is 17.9 Å². The minimum absolute atomic E-state index is 0.0972. The van der Waals surface area contributed by atoms with Crippen LogP contribution >= 0.6 is 11.6 Å². The Kier molecular flexibility index (Phi) is 3.88. The Morgan fingerprint density at radius 1 is 1.29 bits per heavy atom. The van der Waals surface area contributed by atoms with Gasteiger partial charge in [0, 0.05) is 0 Å². The van der Waals surface area contributed by atoms with Crippen molar-refractivity contribution in [3.8, 4) is 0 Å². The predicted octanol–water partition coefficient (Wildman–Crippen LogP) is 3.55. The van der Waals surface area contributed by atoms with Crippen LogP contribution in [0.25, 0.3) is 0 Å². The maximum absolute atomic E-state index is 12.9. The predicted molar refractivity (Wildman–Crippen MR) is 69.0 cm³/mol. The monoisotopic (exact) mass is 321 g/mol. The first-order valence-corrected chi connectivity index (χ1v) is 6.47. The summed E-state index contributed by atoms with van der Waals surface area (Å²) in [6, 6.07) is 3.08. The number of benzene rings is 1. The maximum atomic E-state index is 12.9. The number of hydrogen-bond acceptors (Lipinski definition) is 2. The number of carbonyl (C=O) groups excluding carboxylic acids is 1. The number of carbonyl (C=O) groups is 2. The number of rotatable bonds is 3. The lowest BCUT2D eigenvalue weighted by atomic mass is 9.68. The van der Waals surface area contributed by atoms with E-state index in [0.29, 0.717) is 6.42 Å². The highest BCUT2D eigenvalue weighted by Crippen LogP contribution is 2.44. The summed E-state index contributed by atoms with van der Waals surface area (Å²) in [6.45, 7) is 0. The smallest absolute Gasteiger partial charge is 0.418 e. The second kappa shape index (κ2) is 5.22. The summed E-state index contributed by atoms with van der Waals surface area (Å²) in [6.07, 6.45) is -3.97. The van der Waals surface area contributed by atoms with Gasteiger partial charge in [0.25, 0.3) is 0 Å². The Labute approximate surface area is 122 Å². The van der Waals surface area contributed by atoms with Gasteiger partial charge in [-0.2, -0.15) is 13.2 Å². The molecule has 2 rings (SSSR count). The number of carboxylic acids is 1. The van der Waals surface area contributed by atoms with Gasteiger partial charge in [-0.1, -0.05) is 24.1 Å². The molecular formula is C13H11ClF3NO3. The fraction of sp³-hybridized carbons (Fsp3) is 0.385. The van der Waals surface area contributed by atoms with Crippen molar-refractivity contribution < 1.29 is 27.9 Å². The minimum Gasteiger partial charge on any atom is -0.480 e. The van der Waals surface area contributed by atoms with E-state index in [2.05, 4.69) is 0 Å². The van der Waals surface area contributed by atoms with Crippen LogP contribution in [0.5, 0.6) is 0 Å². The van der Waals surface area contributed by atoms with Crippen LogP contribution in [-0.4, -0.2) is 17.0 Å². The third-order valence-electron chi connectivity index (χ3n) is 3.61. The zero-order valence-corrected chi connectivity index (χ0v) is 11.4. The molecule has 1 aromatic rings. The molecule has 0 atom stereocenters. The van der Waals surface area contributed by atoms with Gasteiger partial charge in [0.1, 0.15) is 5.41 Å². The molecule has 4 nitrogen and oxygen atoms in total. The second-order valence-electron chi connectivity index (χ2n) is 4.86. The van der Waals surface area contributed by atoms with E-state index < -0.39 is 34.7 Å². The fourth-order valence-corrected chi connectivity index (χ4v) is 2.41. The first-order chi connectivity index (χ1) is 9.68. The van der Waals surface area contributed by atoms with Gasteiger partial charge in [-0.3, -0.25) is 9.59 Å². The molecule has 0 radical (unpaired) electrons. The number of carboxylic acid groups (broad SMARTS) is 1. The average molecular weight is 322 g/mol. The molecule has 21 heavy (non-hydrogen) atoms. The van der Waals surface area contributed by atoms with E-state index in [4.69, 9.17) is 16.7 Å². The van der Waals surface area contributed by atoms with E-state index in [1.165, 1.54) is 6.07 Å². The summed E-state index contributed by atoms with van der Waals surface area (Å²) >= 11 is 5.71. The highest BCUT2D eigenvalue weighted by molar-refractivity contribution is 6.34. The fourth-order valence-electron chi connectivity index (χ4n) is 2.19. The van der Waals surface area contributed by atoms with Gasteiger partial charge in [0.2, 0.25) is 5.91 Å². The van der Waals surface area contributed by atoms with Crippen molar-refractivity contribution in [3.63, 3.8) is 0 Å².